The van der Waals surface area contributed by atoms with Gasteiger partial charge in [0.15, 0.2) is 5.58 Å². The number of hydrogen-bond donors (Lipinski definition) is 2. The minimum Gasteiger partial charge on any atom is -0.424 e. The van der Waals surface area contributed by atoms with Gasteiger partial charge in [-0.3, -0.25) is 0 Å². The molecule has 2 aromatic heterocycles. The molecule has 0 amide bonds. The van der Waals surface area contributed by atoms with Crippen molar-refractivity contribution in [2.75, 3.05) is 11.1 Å². The SMILES string of the molecule is Nc1ccc2oc(NCc3ccncn3)nc2c1. The Balaban J connectivity index is 1.79. The molecule has 0 aliphatic carbocycles. The van der Waals surface area contributed by atoms with E-state index in [0.717, 1.165) is 11.2 Å². The summed E-state index contributed by atoms with van der Waals surface area (Å²) in [4.78, 5) is 12.2. The molecule has 90 valence electrons. The van der Waals surface area contributed by atoms with Gasteiger partial charge < -0.3 is 15.5 Å². The van der Waals surface area contributed by atoms with Crippen molar-refractivity contribution in [3.63, 3.8) is 0 Å². The van der Waals surface area contributed by atoms with Gasteiger partial charge in [0.1, 0.15) is 11.8 Å². The van der Waals surface area contributed by atoms with Crippen LogP contribution in [0.2, 0.25) is 0 Å². The molecule has 0 atom stereocenters. The molecule has 0 spiro atoms. The number of nitrogen functional groups attached to an aromatic ring is 1. The summed E-state index contributed by atoms with van der Waals surface area (Å²) < 4.78 is 5.52. The van der Waals surface area contributed by atoms with Gasteiger partial charge in [0.2, 0.25) is 0 Å². The number of hydrogen-bond acceptors (Lipinski definition) is 6. The van der Waals surface area contributed by atoms with Crippen LogP contribution in [0.3, 0.4) is 0 Å². The third kappa shape index (κ3) is 2.08. The Morgan fingerprint density at radius 1 is 1.28 bits per heavy atom. The standard InChI is InChI=1S/C12H11N5O/c13-8-1-2-11-10(5-8)17-12(18-11)15-6-9-3-4-14-7-16-9/h1-5,7H,6,13H2,(H,15,17). The fourth-order valence-corrected chi connectivity index (χ4v) is 1.61. The van der Waals surface area contributed by atoms with E-state index in [4.69, 9.17) is 10.2 Å². The highest BCUT2D eigenvalue weighted by atomic mass is 16.4. The highest BCUT2D eigenvalue weighted by Gasteiger charge is 2.05. The van der Waals surface area contributed by atoms with Crippen molar-refractivity contribution in [1.29, 1.82) is 0 Å². The van der Waals surface area contributed by atoms with Gasteiger partial charge in [-0.1, -0.05) is 0 Å². The number of nitrogens with one attached hydrogen (secondary N) is 1. The summed E-state index contributed by atoms with van der Waals surface area (Å²) in [5.74, 6) is 0. The predicted molar refractivity (Wildman–Crippen MR) is 67.8 cm³/mol. The summed E-state index contributed by atoms with van der Waals surface area (Å²) in [6.07, 6.45) is 3.19. The zero-order valence-corrected chi connectivity index (χ0v) is 9.50. The summed E-state index contributed by atoms with van der Waals surface area (Å²) in [7, 11) is 0. The normalized spacial score (nSPS) is 10.7. The molecule has 6 heteroatoms. The maximum absolute atomic E-state index is 5.68. The second-order valence-electron chi connectivity index (χ2n) is 3.80. The summed E-state index contributed by atoms with van der Waals surface area (Å²) in [5, 5.41) is 3.06. The number of nitrogens with zero attached hydrogens (tertiary/aromatic N) is 3. The van der Waals surface area contributed by atoms with Crippen molar-refractivity contribution < 1.29 is 4.42 Å². The van der Waals surface area contributed by atoms with E-state index in [2.05, 4.69) is 20.3 Å². The van der Waals surface area contributed by atoms with E-state index in [0.29, 0.717) is 23.8 Å². The quantitative estimate of drug-likeness (QED) is 0.680. The molecule has 0 aliphatic heterocycles. The number of benzene rings is 1. The van der Waals surface area contributed by atoms with Crippen molar-refractivity contribution in [3.8, 4) is 0 Å². The van der Waals surface area contributed by atoms with Gasteiger partial charge >= 0.3 is 0 Å². The highest BCUT2D eigenvalue weighted by Crippen LogP contribution is 2.21. The first-order valence-electron chi connectivity index (χ1n) is 5.46. The molecular formula is C12H11N5O. The number of oxazole rings is 1. The van der Waals surface area contributed by atoms with Gasteiger partial charge in [-0.15, -0.1) is 0 Å². The number of rotatable bonds is 3. The third-order valence-electron chi connectivity index (χ3n) is 2.48. The van der Waals surface area contributed by atoms with Crippen molar-refractivity contribution in [1.82, 2.24) is 15.0 Å². The lowest BCUT2D eigenvalue weighted by molar-refractivity contribution is 0.613. The fraction of sp³-hybridized carbons (Fsp3) is 0.0833. The Bertz CT molecular complexity index is 665. The zero-order valence-electron chi connectivity index (χ0n) is 9.50. The number of fused-ring (bicyclic) bond motifs is 1. The molecule has 3 aromatic rings. The summed E-state index contributed by atoms with van der Waals surface area (Å²) in [5.41, 5.74) is 8.65. The van der Waals surface area contributed by atoms with Crippen LogP contribution in [0.5, 0.6) is 0 Å². The van der Waals surface area contributed by atoms with Crippen molar-refractivity contribution in [2.45, 2.75) is 6.54 Å². The first-order valence-corrected chi connectivity index (χ1v) is 5.46. The summed E-state index contributed by atoms with van der Waals surface area (Å²) in [6, 6.07) is 7.63. The zero-order chi connectivity index (χ0) is 12.4. The van der Waals surface area contributed by atoms with Crippen LogP contribution < -0.4 is 11.1 Å². The molecule has 0 saturated heterocycles. The minimum absolute atomic E-state index is 0.453. The van der Waals surface area contributed by atoms with Gasteiger partial charge in [0, 0.05) is 11.9 Å². The van der Waals surface area contributed by atoms with E-state index >= 15 is 0 Å². The lowest BCUT2D eigenvalue weighted by atomic mass is 10.3. The molecule has 0 radical (unpaired) electrons. The van der Waals surface area contributed by atoms with Crippen molar-refractivity contribution in [3.05, 3.63) is 42.5 Å². The van der Waals surface area contributed by atoms with Gasteiger partial charge in [-0.25, -0.2) is 9.97 Å². The lowest BCUT2D eigenvalue weighted by Gasteiger charge is -1.99. The van der Waals surface area contributed by atoms with Gasteiger partial charge in [-0.2, -0.15) is 4.98 Å². The van der Waals surface area contributed by atoms with Crippen molar-refractivity contribution >= 4 is 22.8 Å². The topological polar surface area (TPSA) is 89.9 Å². The molecule has 0 unspecified atom stereocenters. The van der Waals surface area contributed by atoms with Crippen LogP contribution >= 0.6 is 0 Å². The second-order valence-corrected chi connectivity index (χ2v) is 3.80. The van der Waals surface area contributed by atoms with Gasteiger partial charge in [0.05, 0.1) is 12.2 Å². The third-order valence-corrected chi connectivity index (χ3v) is 2.48. The van der Waals surface area contributed by atoms with Crippen LogP contribution in [-0.2, 0) is 6.54 Å². The second kappa shape index (κ2) is 4.33. The molecule has 6 nitrogen and oxygen atoms in total. The van der Waals surface area contributed by atoms with E-state index < -0.39 is 0 Å². The molecule has 0 aliphatic rings. The average Bonchev–Trinajstić information content (AvgIpc) is 2.79. The first kappa shape index (κ1) is 10.5. The molecular weight excluding hydrogens is 230 g/mol. The maximum atomic E-state index is 5.68. The Morgan fingerprint density at radius 2 is 2.22 bits per heavy atom. The molecule has 1 aromatic carbocycles. The van der Waals surface area contributed by atoms with E-state index in [-0.39, 0.29) is 0 Å². The van der Waals surface area contributed by atoms with Crippen LogP contribution in [0.15, 0.2) is 41.2 Å². The number of aromatic nitrogens is 3. The predicted octanol–water partition coefficient (Wildman–Crippen LogP) is 1.81. The first-order chi connectivity index (χ1) is 8.81. The molecule has 18 heavy (non-hydrogen) atoms. The van der Waals surface area contributed by atoms with Crippen LogP contribution in [0, 0.1) is 0 Å². The minimum atomic E-state index is 0.453. The monoisotopic (exact) mass is 241 g/mol. The van der Waals surface area contributed by atoms with Crippen LogP contribution in [0.1, 0.15) is 5.69 Å². The largest absolute Gasteiger partial charge is 0.424 e. The van der Waals surface area contributed by atoms with Crippen LogP contribution in [0.4, 0.5) is 11.7 Å². The Kier molecular flexibility index (Phi) is 2.53. The van der Waals surface area contributed by atoms with Gasteiger partial charge in [-0.05, 0) is 24.3 Å². The fourth-order valence-electron chi connectivity index (χ4n) is 1.61. The smallest absolute Gasteiger partial charge is 0.296 e. The molecule has 0 fully saturated rings. The van der Waals surface area contributed by atoms with E-state index in [9.17, 15) is 0 Å². The Labute approximate surface area is 103 Å². The van der Waals surface area contributed by atoms with E-state index in [1.54, 1.807) is 24.4 Å². The lowest BCUT2D eigenvalue weighted by Crippen LogP contribution is -2.01. The van der Waals surface area contributed by atoms with Crippen LogP contribution in [0.25, 0.3) is 11.1 Å². The van der Waals surface area contributed by atoms with E-state index in [1.165, 1.54) is 6.33 Å². The molecule has 2 heterocycles. The Hall–Kier alpha value is -2.63. The van der Waals surface area contributed by atoms with E-state index in [1.807, 2.05) is 6.07 Å². The number of nitrogens with two attached hydrogens (primary N) is 1. The van der Waals surface area contributed by atoms with Crippen LogP contribution in [-0.4, -0.2) is 15.0 Å². The summed E-state index contributed by atoms with van der Waals surface area (Å²) in [6.45, 7) is 0.533. The molecule has 3 rings (SSSR count). The Morgan fingerprint density at radius 3 is 3.06 bits per heavy atom. The average molecular weight is 241 g/mol. The van der Waals surface area contributed by atoms with Crippen molar-refractivity contribution in [2.24, 2.45) is 0 Å². The van der Waals surface area contributed by atoms with Gasteiger partial charge in [0.25, 0.3) is 6.01 Å². The molecule has 0 saturated carbocycles. The maximum Gasteiger partial charge on any atom is 0.296 e. The number of anilines is 2. The molecule has 0 bridgehead atoms. The summed E-state index contributed by atoms with van der Waals surface area (Å²) >= 11 is 0. The molecule has 3 N–H and O–H groups in total. The highest BCUT2D eigenvalue weighted by molar-refractivity contribution is 5.78.